The molecule has 0 radical (unpaired) electrons. The van der Waals surface area contributed by atoms with Gasteiger partial charge in [0.15, 0.2) is 0 Å². The third-order valence-corrected chi connectivity index (χ3v) is 1.03. The Morgan fingerprint density at radius 1 is 1.53 bits per heavy atom. The summed E-state index contributed by atoms with van der Waals surface area (Å²) < 4.78 is 4.55. The molecule has 0 saturated heterocycles. The molecule has 0 aromatic heterocycles. The Hall–Kier alpha value is -1.78. The highest BCUT2D eigenvalue weighted by Gasteiger charge is 1.93. The molecule has 5 heteroatoms. The maximum absolute atomic E-state index is 10.4. The van der Waals surface area contributed by atoms with Gasteiger partial charge in [-0.1, -0.05) is 12.7 Å². The zero-order chi connectivity index (χ0) is 12.3. The molecule has 2 N–H and O–H groups in total. The molecular weight excluding hydrogens is 198 g/mol. The number of carbonyl (C=O) groups is 2. The Morgan fingerprint density at radius 2 is 2.00 bits per heavy atom. The fourth-order valence-corrected chi connectivity index (χ4v) is 0.338. The molecule has 0 saturated carbocycles. The van der Waals surface area contributed by atoms with E-state index in [0.29, 0.717) is 13.2 Å². The number of amides is 1. The number of ether oxygens (including phenoxy) is 1. The zero-order valence-corrected chi connectivity index (χ0v) is 9.08. The Labute approximate surface area is 89.4 Å². The van der Waals surface area contributed by atoms with Gasteiger partial charge in [0.1, 0.15) is 0 Å². The highest BCUT2D eigenvalue weighted by atomic mass is 16.5. The van der Waals surface area contributed by atoms with Crippen LogP contribution in [0.1, 0.15) is 13.8 Å². The number of hydrogen-bond acceptors (Lipinski definition) is 3. The van der Waals surface area contributed by atoms with E-state index in [9.17, 15) is 9.59 Å². The van der Waals surface area contributed by atoms with E-state index in [1.165, 1.54) is 6.92 Å². The summed E-state index contributed by atoms with van der Waals surface area (Å²) in [5.41, 5.74) is 0.176. The second-order valence-corrected chi connectivity index (χ2v) is 2.48. The van der Waals surface area contributed by atoms with Crippen molar-refractivity contribution >= 4 is 12.1 Å². The van der Waals surface area contributed by atoms with Gasteiger partial charge in [-0.3, -0.25) is 0 Å². The van der Waals surface area contributed by atoms with Crippen molar-refractivity contribution in [3.63, 3.8) is 0 Å². The van der Waals surface area contributed by atoms with Crippen molar-refractivity contribution in [1.29, 1.82) is 0 Å². The van der Waals surface area contributed by atoms with E-state index in [1.54, 1.807) is 13.0 Å². The van der Waals surface area contributed by atoms with Gasteiger partial charge in [-0.05, 0) is 13.8 Å². The summed E-state index contributed by atoms with van der Waals surface area (Å²) in [5.74, 6) is -0.935. The van der Waals surface area contributed by atoms with Gasteiger partial charge in [0.05, 0.1) is 6.61 Å². The van der Waals surface area contributed by atoms with Crippen molar-refractivity contribution in [2.75, 3.05) is 13.2 Å². The maximum atomic E-state index is 10.4. The molecule has 0 aliphatic carbocycles. The topological polar surface area (TPSA) is 75.6 Å². The van der Waals surface area contributed by atoms with Gasteiger partial charge >= 0.3 is 12.1 Å². The smallest absolute Gasteiger partial charge is 0.407 e. The van der Waals surface area contributed by atoms with Crippen LogP contribution in [0.3, 0.4) is 0 Å². The summed E-state index contributed by atoms with van der Waals surface area (Å²) in [6.45, 7) is 10.6. The molecule has 0 aromatic rings. The quantitative estimate of drug-likeness (QED) is 0.551. The van der Waals surface area contributed by atoms with Gasteiger partial charge in [0.2, 0.25) is 0 Å². The normalized spacial score (nSPS) is 7.87. The van der Waals surface area contributed by atoms with Crippen LogP contribution in [0.25, 0.3) is 0 Å². The predicted molar refractivity (Wildman–Crippen MR) is 57.7 cm³/mol. The fourth-order valence-electron chi connectivity index (χ4n) is 0.338. The van der Waals surface area contributed by atoms with Crippen LogP contribution in [0.4, 0.5) is 4.79 Å². The maximum Gasteiger partial charge on any atom is 0.407 e. The Morgan fingerprint density at radius 3 is 2.27 bits per heavy atom. The van der Waals surface area contributed by atoms with Gasteiger partial charge in [-0.15, -0.1) is 6.58 Å². The second kappa shape index (κ2) is 10.3. The minimum Gasteiger partial charge on any atom is -0.478 e. The molecule has 0 heterocycles. The molecule has 1 amide bonds. The summed E-state index contributed by atoms with van der Waals surface area (Å²) in [4.78, 5) is 20.0. The van der Waals surface area contributed by atoms with Gasteiger partial charge in [0.25, 0.3) is 0 Å². The van der Waals surface area contributed by atoms with Gasteiger partial charge in [0, 0.05) is 12.1 Å². The van der Waals surface area contributed by atoms with E-state index in [-0.39, 0.29) is 5.57 Å². The minimum absolute atomic E-state index is 0.176. The zero-order valence-electron chi connectivity index (χ0n) is 9.08. The first kappa shape index (κ1) is 15.7. The fraction of sp³-hybridized carbons (Fsp3) is 0.400. The van der Waals surface area contributed by atoms with Crippen molar-refractivity contribution in [2.24, 2.45) is 0 Å². The van der Waals surface area contributed by atoms with E-state index < -0.39 is 12.1 Å². The van der Waals surface area contributed by atoms with Gasteiger partial charge in [-0.25, -0.2) is 9.59 Å². The summed E-state index contributed by atoms with van der Waals surface area (Å²) in [6.07, 6.45) is 1.20. The van der Waals surface area contributed by atoms with Crippen LogP contribution in [0.5, 0.6) is 0 Å². The minimum atomic E-state index is -0.935. The summed E-state index contributed by atoms with van der Waals surface area (Å²) in [6, 6.07) is 0. The highest BCUT2D eigenvalue weighted by molar-refractivity contribution is 5.84. The van der Waals surface area contributed by atoms with E-state index in [0.717, 1.165) is 0 Å². The predicted octanol–water partition coefficient (Wildman–Crippen LogP) is 1.57. The lowest BCUT2D eigenvalue weighted by Gasteiger charge is -1.99. The number of aliphatic carboxylic acids is 1. The lowest BCUT2D eigenvalue weighted by Crippen LogP contribution is -2.23. The molecule has 0 aliphatic rings. The number of alkyl carbamates (subject to hydrolysis) is 1. The number of rotatable bonds is 4. The highest BCUT2D eigenvalue weighted by Crippen LogP contribution is 1.81. The summed E-state index contributed by atoms with van der Waals surface area (Å²) >= 11 is 0. The Bertz CT molecular complexity index is 224. The van der Waals surface area contributed by atoms with E-state index in [4.69, 9.17) is 5.11 Å². The van der Waals surface area contributed by atoms with Crippen molar-refractivity contribution in [3.05, 3.63) is 24.8 Å². The van der Waals surface area contributed by atoms with Crippen molar-refractivity contribution in [3.8, 4) is 0 Å². The molecule has 0 rings (SSSR count). The van der Waals surface area contributed by atoms with E-state index in [1.807, 2.05) is 0 Å². The van der Waals surface area contributed by atoms with Gasteiger partial charge < -0.3 is 15.2 Å². The second-order valence-electron chi connectivity index (χ2n) is 2.48. The number of nitrogens with one attached hydrogen (secondary N) is 1. The molecule has 0 aromatic carbocycles. The first-order chi connectivity index (χ1) is 6.95. The third-order valence-electron chi connectivity index (χ3n) is 1.03. The average molecular weight is 215 g/mol. The summed E-state index contributed by atoms with van der Waals surface area (Å²) in [7, 11) is 0. The molecule has 5 nitrogen and oxygen atoms in total. The number of hydrogen-bond donors (Lipinski definition) is 2. The lowest BCUT2D eigenvalue weighted by atomic mass is 10.4. The van der Waals surface area contributed by atoms with E-state index >= 15 is 0 Å². The van der Waals surface area contributed by atoms with Crippen LogP contribution in [-0.2, 0) is 9.53 Å². The Kier molecular flexibility index (Phi) is 10.8. The molecule has 15 heavy (non-hydrogen) atoms. The molecule has 86 valence electrons. The van der Waals surface area contributed by atoms with Crippen LogP contribution in [0.15, 0.2) is 24.8 Å². The molecule has 0 aliphatic heterocycles. The number of carboxylic acids is 1. The van der Waals surface area contributed by atoms with Crippen LogP contribution >= 0.6 is 0 Å². The van der Waals surface area contributed by atoms with Crippen LogP contribution in [-0.4, -0.2) is 30.3 Å². The molecule has 0 bridgehead atoms. The average Bonchev–Trinajstić information content (AvgIpc) is 2.16. The van der Waals surface area contributed by atoms with Crippen molar-refractivity contribution in [2.45, 2.75) is 13.8 Å². The third kappa shape index (κ3) is 15.0. The van der Waals surface area contributed by atoms with Crippen molar-refractivity contribution < 1.29 is 19.4 Å². The summed E-state index contributed by atoms with van der Waals surface area (Å²) in [5, 5.41) is 10.3. The molecule has 0 atom stereocenters. The van der Waals surface area contributed by atoms with Crippen LogP contribution < -0.4 is 5.32 Å². The standard InChI is InChI=1S/C6H11NO2.C4H6O2/c1-3-5-7-6(8)9-4-2;1-3(2)4(5)6/h3H,1,4-5H2,2H3,(H,7,8);1H2,2H3,(H,5,6). The van der Waals surface area contributed by atoms with Crippen LogP contribution in [0, 0.1) is 0 Å². The monoisotopic (exact) mass is 215 g/mol. The number of carbonyl (C=O) groups excluding carboxylic acids is 1. The first-order valence-electron chi connectivity index (χ1n) is 4.36. The molecular formula is C10H17NO4. The SMILES string of the molecule is C=C(C)C(=O)O.C=CCNC(=O)OCC. The van der Waals surface area contributed by atoms with Crippen molar-refractivity contribution in [1.82, 2.24) is 5.32 Å². The molecule has 0 spiro atoms. The number of carboxylic acid groups (broad SMARTS) is 1. The molecule has 0 fully saturated rings. The Balaban J connectivity index is 0. The largest absolute Gasteiger partial charge is 0.478 e. The first-order valence-corrected chi connectivity index (χ1v) is 4.36. The lowest BCUT2D eigenvalue weighted by molar-refractivity contribution is -0.132. The van der Waals surface area contributed by atoms with Crippen LogP contribution in [0.2, 0.25) is 0 Å². The molecule has 0 unspecified atom stereocenters. The van der Waals surface area contributed by atoms with Gasteiger partial charge in [-0.2, -0.15) is 0 Å². The van der Waals surface area contributed by atoms with E-state index in [2.05, 4.69) is 23.2 Å².